The van der Waals surface area contributed by atoms with Crippen molar-refractivity contribution >= 4 is 5.91 Å². The lowest BCUT2D eigenvalue weighted by molar-refractivity contribution is -0.134. The molecule has 18 heavy (non-hydrogen) atoms. The van der Waals surface area contributed by atoms with Gasteiger partial charge in [-0.3, -0.25) is 4.79 Å². The van der Waals surface area contributed by atoms with Crippen LogP contribution < -0.4 is 5.32 Å². The van der Waals surface area contributed by atoms with E-state index in [-0.39, 0.29) is 5.92 Å². The Morgan fingerprint density at radius 3 is 2.61 bits per heavy atom. The Balaban J connectivity index is 2.44. The molecule has 1 fully saturated rings. The lowest BCUT2D eigenvalue weighted by atomic mass is 9.89. The average Bonchev–Trinajstić information content (AvgIpc) is 2.60. The van der Waals surface area contributed by atoms with Gasteiger partial charge in [-0.15, -0.1) is 0 Å². The van der Waals surface area contributed by atoms with Crippen LogP contribution in [0.1, 0.15) is 47.0 Å². The normalized spacial score (nSPS) is 22.9. The quantitative estimate of drug-likeness (QED) is 0.817. The van der Waals surface area contributed by atoms with Crippen LogP contribution in [0.15, 0.2) is 0 Å². The highest BCUT2D eigenvalue weighted by atomic mass is 16.2. The summed E-state index contributed by atoms with van der Waals surface area (Å²) in [6.07, 6.45) is 3.63. The molecule has 0 saturated carbocycles. The second-order valence-electron chi connectivity index (χ2n) is 5.97. The van der Waals surface area contributed by atoms with Crippen molar-refractivity contribution in [3.63, 3.8) is 0 Å². The van der Waals surface area contributed by atoms with E-state index >= 15 is 0 Å². The molecule has 1 saturated heterocycles. The van der Waals surface area contributed by atoms with Crippen LogP contribution in [0.2, 0.25) is 0 Å². The Bertz CT molecular complexity index is 253. The molecule has 1 heterocycles. The van der Waals surface area contributed by atoms with Crippen molar-refractivity contribution in [3.05, 3.63) is 0 Å². The minimum Gasteiger partial charge on any atom is -0.342 e. The average molecular weight is 254 g/mol. The molecule has 0 aromatic carbocycles. The fourth-order valence-corrected chi connectivity index (χ4v) is 2.77. The minimum atomic E-state index is 0.112. The van der Waals surface area contributed by atoms with Crippen LogP contribution in [0.25, 0.3) is 0 Å². The molecule has 0 bridgehead atoms. The molecule has 0 radical (unpaired) electrons. The molecule has 0 aromatic rings. The Labute approximate surface area is 112 Å². The van der Waals surface area contributed by atoms with Gasteiger partial charge in [0.05, 0.1) is 0 Å². The predicted molar refractivity (Wildman–Crippen MR) is 76.5 cm³/mol. The number of nitrogens with zero attached hydrogens (tertiary/aromatic N) is 1. The fraction of sp³-hybridized carbons (Fsp3) is 0.933. The van der Waals surface area contributed by atoms with E-state index < -0.39 is 0 Å². The van der Waals surface area contributed by atoms with E-state index in [0.717, 1.165) is 38.0 Å². The summed E-state index contributed by atoms with van der Waals surface area (Å²) in [6.45, 7) is 12.4. The summed E-state index contributed by atoms with van der Waals surface area (Å²) >= 11 is 0. The molecule has 1 amide bonds. The largest absolute Gasteiger partial charge is 0.342 e. The van der Waals surface area contributed by atoms with E-state index in [2.05, 4.69) is 31.0 Å². The molecule has 106 valence electrons. The molecular formula is C15H30N2O. The van der Waals surface area contributed by atoms with Crippen LogP contribution in [-0.4, -0.2) is 37.0 Å². The molecule has 0 spiro atoms. The zero-order chi connectivity index (χ0) is 13.5. The van der Waals surface area contributed by atoms with Crippen molar-refractivity contribution in [2.75, 3.05) is 26.2 Å². The molecule has 2 atom stereocenters. The van der Waals surface area contributed by atoms with Crippen LogP contribution in [0, 0.1) is 17.8 Å². The van der Waals surface area contributed by atoms with Gasteiger partial charge in [-0.2, -0.15) is 0 Å². The van der Waals surface area contributed by atoms with Crippen LogP contribution in [0.5, 0.6) is 0 Å². The number of hydrogen-bond donors (Lipinski definition) is 1. The monoisotopic (exact) mass is 254 g/mol. The summed E-state index contributed by atoms with van der Waals surface area (Å²) in [5, 5.41) is 3.26. The molecule has 0 aromatic heterocycles. The lowest BCUT2D eigenvalue weighted by Gasteiger charge is -2.25. The number of rotatable bonds is 5. The maximum Gasteiger partial charge on any atom is 0.226 e. The fourth-order valence-electron chi connectivity index (χ4n) is 2.77. The number of likely N-dealkylation sites (tertiary alicyclic amines) is 1. The van der Waals surface area contributed by atoms with Gasteiger partial charge in [0.25, 0.3) is 0 Å². The molecule has 3 heteroatoms. The Morgan fingerprint density at radius 1 is 1.28 bits per heavy atom. The smallest absolute Gasteiger partial charge is 0.226 e. The molecule has 3 nitrogen and oxygen atoms in total. The number of carbonyl (C=O) groups excluding carboxylic acids is 1. The van der Waals surface area contributed by atoms with Crippen LogP contribution >= 0.6 is 0 Å². The van der Waals surface area contributed by atoms with E-state index in [4.69, 9.17) is 0 Å². The standard InChI is InChI=1S/C15H30N2O/c1-5-16-11-13(4)15(18)17-9-6-7-14(8-10-17)12(2)3/h12-14,16H,5-11H2,1-4H3. The molecule has 2 unspecified atom stereocenters. The van der Waals surface area contributed by atoms with Crippen LogP contribution in [0.3, 0.4) is 0 Å². The first-order valence-corrected chi connectivity index (χ1v) is 7.55. The Kier molecular flexibility index (Phi) is 6.69. The third kappa shape index (κ3) is 4.60. The van der Waals surface area contributed by atoms with E-state index in [1.54, 1.807) is 0 Å². The van der Waals surface area contributed by atoms with Crippen molar-refractivity contribution in [2.24, 2.45) is 17.8 Å². The van der Waals surface area contributed by atoms with E-state index in [9.17, 15) is 4.79 Å². The lowest BCUT2D eigenvalue weighted by Crippen LogP contribution is -2.39. The Hall–Kier alpha value is -0.570. The van der Waals surface area contributed by atoms with Crippen molar-refractivity contribution in [1.82, 2.24) is 10.2 Å². The maximum atomic E-state index is 12.3. The number of nitrogens with one attached hydrogen (secondary N) is 1. The highest BCUT2D eigenvalue weighted by molar-refractivity contribution is 5.78. The highest BCUT2D eigenvalue weighted by Crippen LogP contribution is 2.25. The van der Waals surface area contributed by atoms with Gasteiger partial charge in [0.1, 0.15) is 0 Å². The first-order valence-electron chi connectivity index (χ1n) is 7.55. The Morgan fingerprint density at radius 2 is 2.00 bits per heavy atom. The van der Waals surface area contributed by atoms with E-state index in [1.165, 1.54) is 19.3 Å². The van der Waals surface area contributed by atoms with Crippen LogP contribution in [0.4, 0.5) is 0 Å². The van der Waals surface area contributed by atoms with Crippen molar-refractivity contribution in [3.8, 4) is 0 Å². The summed E-state index contributed by atoms with van der Waals surface area (Å²) in [6, 6.07) is 0. The maximum absolute atomic E-state index is 12.3. The zero-order valence-corrected chi connectivity index (χ0v) is 12.5. The third-order valence-electron chi connectivity index (χ3n) is 4.15. The molecule has 1 aliphatic rings. The zero-order valence-electron chi connectivity index (χ0n) is 12.5. The second-order valence-corrected chi connectivity index (χ2v) is 5.97. The van der Waals surface area contributed by atoms with Gasteiger partial charge in [0, 0.05) is 25.6 Å². The van der Waals surface area contributed by atoms with Gasteiger partial charge >= 0.3 is 0 Å². The number of amides is 1. The van der Waals surface area contributed by atoms with Gasteiger partial charge in [-0.25, -0.2) is 0 Å². The van der Waals surface area contributed by atoms with E-state index in [0.29, 0.717) is 5.91 Å². The van der Waals surface area contributed by atoms with Crippen molar-refractivity contribution in [1.29, 1.82) is 0 Å². The minimum absolute atomic E-state index is 0.112. The van der Waals surface area contributed by atoms with Crippen molar-refractivity contribution < 1.29 is 4.79 Å². The predicted octanol–water partition coefficient (Wildman–Crippen LogP) is 2.52. The summed E-state index contributed by atoms with van der Waals surface area (Å²) in [4.78, 5) is 14.4. The molecule has 1 aliphatic heterocycles. The first-order chi connectivity index (χ1) is 8.56. The van der Waals surface area contributed by atoms with Gasteiger partial charge in [0.15, 0.2) is 0 Å². The topological polar surface area (TPSA) is 32.3 Å². The third-order valence-corrected chi connectivity index (χ3v) is 4.15. The van der Waals surface area contributed by atoms with Crippen LogP contribution in [-0.2, 0) is 4.79 Å². The SMILES string of the molecule is CCNCC(C)C(=O)N1CCCC(C(C)C)CC1. The van der Waals surface area contributed by atoms with Crippen molar-refractivity contribution in [2.45, 2.75) is 47.0 Å². The second kappa shape index (κ2) is 7.78. The van der Waals surface area contributed by atoms with E-state index in [1.807, 2.05) is 6.92 Å². The van der Waals surface area contributed by atoms with Gasteiger partial charge in [-0.1, -0.05) is 27.7 Å². The summed E-state index contributed by atoms with van der Waals surface area (Å²) in [7, 11) is 0. The van der Waals surface area contributed by atoms with Gasteiger partial charge in [0.2, 0.25) is 5.91 Å². The molecule has 0 aliphatic carbocycles. The number of hydrogen-bond acceptors (Lipinski definition) is 2. The summed E-state index contributed by atoms with van der Waals surface area (Å²) < 4.78 is 0. The first kappa shape index (κ1) is 15.5. The molecule has 1 rings (SSSR count). The summed E-state index contributed by atoms with van der Waals surface area (Å²) in [5.74, 6) is 1.99. The van der Waals surface area contributed by atoms with Gasteiger partial charge < -0.3 is 10.2 Å². The summed E-state index contributed by atoms with van der Waals surface area (Å²) in [5.41, 5.74) is 0. The molecular weight excluding hydrogens is 224 g/mol. The highest BCUT2D eigenvalue weighted by Gasteiger charge is 2.24. The molecule has 1 N–H and O–H groups in total. The number of carbonyl (C=O) groups is 1. The van der Waals surface area contributed by atoms with Gasteiger partial charge in [-0.05, 0) is 37.6 Å².